The Kier molecular flexibility index (Phi) is 5.45. The van der Waals surface area contributed by atoms with Crippen LogP contribution in [0.3, 0.4) is 0 Å². The average Bonchev–Trinajstić information content (AvgIpc) is 2.28. The first kappa shape index (κ1) is 14.0. The molecule has 0 radical (unpaired) electrons. The summed E-state index contributed by atoms with van der Waals surface area (Å²) in [5.74, 6) is 0.918. The van der Waals surface area contributed by atoms with Crippen LogP contribution in [0.15, 0.2) is 18.2 Å². The lowest BCUT2D eigenvalue weighted by molar-refractivity contribution is 0.264. The van der Waals surface area contributed by atoms with Crippen LogP contribution in [0.2, 0.25) is 0 Å². The Morgan fingerprint density at radius 1 is 1.35 bits per heavy atom. The van der Waals surface area contributed by atoms with Crippen LogP contribution in [-0.4, -0.2) is 24.9 Å². The van der Waals surface area contributed by atoms with Crippen LogP contribution >= 0.6 is 0 Å². The zero-order chi connectivity index (χ0) is 12.8. The number of hydrogen-bond acceptors (Lipinski definition) is 3. The molecule has 0 fully saturated rings. The van der Waals surface area contributed by atoms with E-state index in [1.807, 2.05) is 6.07 Å². The minimum Gasteiger partial charge on any atom is -0.496 e. The third-order valence-electron chi connectivity index (χ3n) is 2.95. The van der Waals surface area contributed by atoms with Crippen LogP contribution in [0.5, 0.6) is 5.75 Å². The van der Waals surface area contributed by atoms with Crippen molar-refractivity contribution in [2.75, 3.05) is 13.7 Å². The van der Waals surface area contributed by atoms with Crippen molar-refractivity contribution in [3.63, 3.8) is 0 Å². The van der Waals surface area contributed by atoms with Crippen molar-refractivity contribution in [2.24, 2.45) is 0 Å². The maximum absolute atomic E-state index is 8.89. The van der Waals surface area contributed by atoms with E-state index in [1.54, 1.807) is 7.11 Å². The van der Waals surface area contributed by atoms with Crippen molar-refractivity contribution in [1.29, 1.82) is 0 Å². The van der Waals surface area contributed by atoms with E-state index in [0.717, 1.165) is 17.7 Å². The predicted molar refractivity (Wildman–Crippen MR) is 70.4 cm³/mol. The molecule has 2 atom stereocenters. The molecule has 0 aliphatic rings. The molecule has 3 heteroatoms. The topological polar surface area (TPSA) is 41.5 Å². The second-order valence-corrected chi connectivity index (χ2v) is 4.55. The molecule has 1 rings (SSSR count). The highest BCUT2D eigenvalue weighted by Gasteiger charge is 2.13. The van der Waals surface area contributed by atoms with E-state index in [9.17, 15) is 0 Å². The third kappa shape index (κ3) is 4.02. The number of hydrogen-bond donors (Lipinski definition) is 2. The highest BCUT2D eigenvalue weighted by atomic mass is 16.5. The molecule has 0 aliphatic carbocycles. The largest absolute Gasteiger partial charge is 0.496 e. The van der Waals surface area contributed by atoms with E-state index in [4.69, 9.17) is 9.84 Å². The SMILES string of the molecule is COc1cc(C)ccc1C(C)NC(C)CCO. The lowest BCUT2D eigenvalue weighted by Gasteiger charge is -2.21. The average molecular weight is 237 g/mol. The van der Waals surface area contributed by atoms with E-state index >= 15 is 0 Å². The quantitative estimate of drug-likeness (QED) is 0.798. The summed E-state index contributed by atoms with van der Waals surface area (Å²) in [5, 5.41) is 12.3. The summed E-state index contributed by atoms with van der Waals surface area (Å²) in [6.45, 7) is 6.46. The highest BCUT2D eigenvalue weighted by Crippen LogP contribution is 2.26. The summed E-state index contributed by atoms with van der Waals surface area (Å²) in [5.41, 5.74) is 2.35. The zero-order valence-corrected chi connectivity index (χ0v) is 11.2. The smallest absolute Gasteiger partial charge is 0.123 e. The second kappa shape index (κ2) is 6.62. The van der Waals surface area contributed by atoms with Crippen molar-refractivity contribution in [3.05, 3.63) is 29.3 Å². The van der Waals surface area contributed by atoms with E-state index < -0.39 is 0 Å². The molecular weight excluding hydrogens is 214 g/mol. The van der Waals surface area contributed by atoms with Gasteiger partial charge in [-0.25, -0.2) is 0 Å². The molecule has 17 heavy (non-hydrogen) atoms. The van der Waals surface area contributed by atoms with Crippen LogP contribution in [0, 0.1) is 6.92 Å². The van der Waals surface area contributed by atoms with Crippen molar-refractivity contribution in [2.45, 2.75) is 39.3 Å². The molecule has 1 aromatic rings. The summed E-state index contributed by atoms with van der Waals surface area (Å²) in [6.07, 6.45) is 0.762. The van der Waals surface area contributed by atoms with E-state index in [-0.39, 0.29) is 12.6 Å². The fourth-order valence-corrected chi connectivity index (χ4v) is 1.97. The molecule has 0 amide bonds. The fraction of sp³-hybridized carbons (Fsp3) is 0.571. The van der Waals surface area contributed by atoms with Gasteiger partial charge >= 0.3 is 0 Å². The Balaban J connectivity index is 2.77. The van der Waals surface area contributed by atoms with E-state index in [1.165, 1.54) is 5.56 Å². The van der Waals surface area contributed by atoms with Crippen LogP contribution in [-0.2, 0) is 0 Å². The van der Waals surface area contributed by atoms with Gasteiger partial charge in [0.1, 0.15) is 5.75 Å². The number of aryl methyl sites for hydroxylation is 1. The van der Waals surface area contributed by atoms with Gasteiger partial charge in [-0.1, -0.05) is 12.1 Å². The monoisotopic (exact) mass is 237 g/mol. The second-order valence-electron chi connectivity index (χ2n) is 4.55. The molecule has 0 aromatic heterocycles. The van der Waals surface area contributed by atoms with Gasteiger partial charge in [0.15, 0.2) is 0 Å². The minimum absolute atomic E-state index is 0.214. The predicted octanol–water partition coefficient (Wildman–Crippen LogP) is 2.43. The Morgan fingerprint density at radius 3 is 2.65 bits per heavy atom. The Labute approximate surface area is 104 Å². The van der Waals surface area contributed by atoms with Gasteiger partial charge in [0.2, 0.25) is 0 Å². The summed E-state index contributed by atoms with van der Waals surface area (Å²) in [7, 11) is 1.70. The lowest BCUT2D eigenvalue weighted by atomic mass is 10.0. The van der Waals surface area contributed by atoms with Gasteiger partial charge in [0, 0.05) is 24.3 Å². The third-order valence-corrected chi connectivity index (χ3v) is 2.95. The number of nitrogens with one attached hydrogen (secondary N) is 1. The van der Waals surface area contributed by atoms with Crippen LogP contribution in [0.25, 0.3) is 0 Å². The first-order valence-electron chi connectivity index (χ1n) is 6.10. The fourth-order valence-electron chi connectivity index (χ4n) is 1.97. The van der Waals surface area contributed by atoms with Gasteiger partial charge < -0.3 is 15.2 Å². The van der Waals surface area contributed by atoms with Gasteiger partial charge in [-0.3, -0.25) is 0 Å². The molecule has 0 saturated carbocycles. The number of aliphatic hydroxyl groups is 1. The van der Waals surface area contributed by atoms with Crippen molar-refractivity contribution in [1.82, 2.24) is 5.32 Å². The van der Waals surface area contributed by atoms with Crippen molar-refractivity contribution in [3.8, 4) is 5.75 Å². The molecule has 0 aliphatic heterocycles. The molecule has 0 heterocycles. The lowest BCUT2D eigenvalue weighted by Crippen LogP contribution is -2.29. The molecule has 2 N–H and O–H groups in total. The summed E-state index contributed by atoms with van der Waals surface area (Å²) in [4.78, 5) is 0. The maximum atomic E-state index is 8.89. The molecule has 2 unspecified atom stereocenters. The van der Waals surface area contributed by atoms with Gasteiger partial charge in [-0.15, -0.1) is 0 Å². The molecule has 96 valence electrons. The van der Waals surface area contributed by atoms with Gasteiger partial charge in [0.05, 0.1) is 7.11 Å². The van der Waals surface area contributed by atoms with Crippen LogP contribution in [0.4, 0.5) is 0 Å². The molecular formula is C14H23NO2. The first-order chi connectivity index (χ1) is 8.08. The molecule has 0 bridgehead atoms. The zero-order valence-electron chi connectivity index (χ0n) is 11.2. The van der Waals surface area contributed by atoms with Gasteiger partial charge in [0.25, 0.3) is 0 Å². The number of ether oxygens (including phenoxy) is 1. The number of methoxy groups -OCH3 is 1. The molecule has 1 aromatic carbocycles. The summed E-state index contributed by atoms with van der Waals surface area (Å²) >= 11 is 0. The molecule has 0 spiro atoms. The van der Waals surface area contributed by atoms with Gasteiger partial charge in [-0.05, 0) is 38.8 Å². The van der Waals surface area contributed by atoms with Gasteiger partial charge in [-0.2, -0.15) is 0 Å². The van der Waals surface area contributed by atoms with Crippen LogP contribution in [0.1, 0.15) is 37.4 Å². The standard InChI is InChI=1S/C14H23NO2/c1-10-5-6-13(14(9-10)17-4)12(3)15-11(2)7-8-16/h5-6,9,11-12,15-16H,7-8H2,1-4H3. The first-order valence-corrected chi connectivity index (χ1v) is 6.10. The number of aliphatic hydroxyl groups excluding tert-OH is 1. The Bertz CT molecular complexity index is 352. The van der Waals surface area contributed by atoms with Crippen molar-refractivity contribution >= 4 is 0 Å². The van der Waals surface area contributed by atoms with Crippen LogP contribution < -0.4 is 10.1 Å². The minimum atomic E-state index is 0.214. The van der Waals surface area contributed by atoms with E-state index in [0.29, 0.717) is 6.04 Å². The Hall–Kier alpha value is -1.06. The maximum Gasteiger partial charge on any atom is 0.123 e. The normalized spacial score (nSPS) is 14.4. The number of rotatable bonds is 6. The highest BCUT2D eigenvalue weighted by molar-refractivity contribution is 5.39. The van der Waals surface area contributed by atoms with Crippen molar-refractivity contribution < 1.29 is 9.84 Å². The summed E-state index contributed by atoms with van der Waals surface area (Å²) in [6, 6.07) is 6.74. The Morgan fingerprint density at radius 2 is 2.06 bits per heavy atom. The number of benzene rings is 1. The van der Waals surface area contributed by atoms with E-state index in [2.05, 4.69) is 38.2 Å². The molecule has 3 nitrogen and oxygen atoms in total. The molecule has 0 saturated heterocycles. The summed E-state index contributed by atoms with van der Waals surface area (Å²) < 4.78 is 5.40.